The number of nitrogens with two attached hydrogens (primary N) is 1. The molecule has 0 aliphatic carbocycles. The van der Waals surface area contributed by atoms with Crippen LogP contribution in [0.25, 0.3) is 0 Å². The molecular formula is C12H15N5O2S. The lowest BCUT2D eigenvalue weighted by Gasteiger charge is -2.13. The van der Waals surface area contributed by atoms with E-state index in [1.165, 1.54) is 9.75 Å². The summed E-state index contributed by atoms with van der Waals surface area (Å²) in [6, 6.07) is 4.11. The van der Waals surface area contributed by atoms with Gasteiger partial charge < -0.3 is 11.1 Å². The zero-order valence-electron chi connectivity index (χ0n) is 11.2. The van der Waals surface area contributed by atoms with Gasteiger partial charge in [0.05, 0.1) is 4.92 Å². The summed E-state index contributed by atoms with van der Waals surface area (Å²) in [5, 5.41) is 13.9. The standard InChI is InChI=1S/C12H15N5O2S/c1-7(5-9-4-3-8(2)20-9)15-11-10(17(18)19)6-14-12(13)16-11/h3-4,6-7H,5H2,1-2H3,(H3,13,14,15,16). The topological polar surface area (TPSA) is 107 Å². The van der Waals surface area contributed by atoms with Crippen molar-refractivity contribution >= 4 is 28.8 Å². The monoisotopic (exact) mass is 293 g/mol. The average molecular weight is 293 g/mol. The molecule has 1 atom stereocenters. The van der Waals surface area contributed by atoms with Crippen LogP contribution in [0.1, 0.15) is 16.7 Å². The van der Waals surface area contributed by atoms with E-state index in [1.807, 2.05) is 13.8 Å². The summed E-state index contributed by atoms with van der Waals surface area (Å²) in [7, 11) is 0. The van der Waals surface area contributed by atoms with E-state index in [9.17, 15) is 10.1 Å². The third kappa shape index (κ3) is 3.41. The highest BCUT2D eigenvalue weighted by molar-refractivity contribution is 7.11. The van der Waals surface area contributed by atoms with Crippen LogP contribution in [-0.2, 0) is 6.42 Å². The first-order valence-electron chi connectivity index (χ1n) is 6.04. The van der Waals surface area contributed by atoms with Crippen LogP contribution in [0.4, 0.5) is 17.5 Å². The molecule has 2 aromatic rings. The average Bonchev–Trinajstić information content (AvgIpc) is 2.74. The minimum absolute atomic E-state index is 0.000972. The molecule has 106 valence electrons. The predicted octanol–water partition coefficient (Wildman–Crippen LogP) is 2.38. The molecule has 0 aliphatic rings. The van der Waals surface area contributed by atoms with Gasteiger partial charge in [0.25, 0.3) is 0 Å². The Bertz CT molecular complexity index is 628. The SMILES string of the molecule is Cc1ccc(CC(C)Nc2nc(N)ncc2[N+](=O)[O-])s1. The van der Waals surface area contributed by atoms with Crippen LogP contribution >= 0.6 is 11.3 Å². The van der Waals surface area contributed by atoms with Crippen LogP contribution in [0.15, 0.2) is 18.3 Å². The Balaban J connectivity index is 2.12. The van der Waals surface area contributed by atoms with E-state index in [1.54, 1.807) is 11.3 Å². The van der Waals surface area contributed by atoms with E-state index >= 15 is 0 Å². The van der Waals surface area contributed by atoms with Gasteiger partial charge in [-0.15, -0.1) is 11.3 Å². The Hall–Kier alpha value is -2.22. The summed E-state index contributed by atoms with van der Waals surface area (Å²) in [5.41, 5.74) is 5.30. The molecule has 0 fully saturated rings. The van der Waals surface area contributed by atoms with Gasteiger partial charge in [-0.1, -0.05) is 0 Å². The molecule has 0 amide bonds. The molecule has 0 spiro atoms. The molecule has 20 heavy (non-hydrogen) atoms. The molecule has 1 unspecified atom stereocenters. The van der Waals surface area contributed by atoms with E-state index < -0.39 is 4.92 Å². The van der Waals surface area contributed by atoms with Gasteiger partial charge in [-0.05, 0) is 26.0 Å². The lowest BCUT2D eigenvalue weighted by molar-refractivity contribution is -0.384. The van der Waals surface area contributed by atoms with Crippen molar-refractivity contribution in [2.75, 3.05) is 11.1 Å². The van der Waals surface area contributed by atoms with Gasteiger partial charge in [0.2, 0.25) is 11.8 Å². The Morgan fingerprint density at radius 3 is 2.90 bits per heavy atom. The molecule has 0 saturated heterocycles. The number of nitrogens with zero attached hydrogens (tertiary/aromatic N) is 3. The number of anilines is 2. The zero-order chi connectivity index (χ0) is 14.7. The molecule has 3 N–H and O–H groups in total. The maximum atomic E-state index is 10.9. The Kier molecular flexibility index (Phi) is 4.14. The molecule has 8 heteroatoms. The van der Waals surface area contributed by atoms with Crippen molar-refractivity contribution in [2.24, 2.45) is 0 Å². The fraction of sp³-hybridized carbons (Fsp3) is 0.333. The second kappa shape index (κ2) is 5.83. The van der Waals surface area contributed by atoms with Gasteiger partial charge >= 0.3 is 5.69 Å². The van der Waals surface area contributed by atoms with E-state index in [2.05, 4.69) is 27.4 Å². The van der Waals surface area contributed by atoms with Crippen LogP contribution in [0.3, 0.4) is 0 Å². The first-order chi connectivity index (χ1) is 9.45. The fourth-order valence-corrected chi connectivity index (χ4v) is 2.83. The summed E-state index contributed by atoms with van der Waals surface area (Å²) in [6.45, 7) is 3.99. The van der Waals surface area contributed by atoms with Crippen LogP contribution in [0, 0.1) is 17.0 Å². The van der Waals surface area contributed by atoms with Crippen molar-refractivity contribution in [3.63, 3.8) is 0 Å². The van der Waals surface area contributed by atoms with Crippen molar-refractivity contribution in [2.45, 2.75) is 26.3 Å². The summed E-state index contributed by atoms with van der Waals surface area (Å²) in [4.78, 5) is 20.4. The highest BCUT2D eigenvalue weighted by atomic mass is 32.1. The predicted molar refractivity (Wildman–Crippen MR) is 78.9 cm³/mol. The molecule has 0 saturated carbocycles. The summed E-state index contributed by atoms with van der Waals surface area (Å²) in [5.74, 6) is 0.167. The maximum absolute atomic E-state index is 10.9. The van der Waals surface area contributed by atoms with Crippen molar-refractivity contribution in [1.29, 1.82) is 0 Å². The van der Waals surface area contributed by atoms with Gasteiger partial charge in [-0.25, -0.2) is 4.98 Å². The number of hydrogen-bond acceptors (Lipinski definition) is 7. The number of hydrogen-bond donors (Lipinski definition) is 2. The third-order valence-corrected chi connectivity index (χ3v) is 3.69. The zero-order valence-corrected chi connectivity index (χ0v) is 12.0. The number of aromatic nitrogens is 2. The van der Waals surface area contributed by atoms with E-state index in [4.69, 9.17) is 5.73 Å². The molecule has 0 bridgehead atoms. The van der Waals surface area contributed by atoms with Crippen molar-refractivity contribution in [3.8, 4) is 0 Å². The smallest absolute Gasteiger partial charge is 0.329 e. The molecule has 2 aromatic heterocycles. The third-order valence-electron chi connectivity index (χ3n) is 2.67. The van der Waals surface area contributed by atoms with Crippen LogP contribution in [0.5, 0.6) is 0 Å². The summed E-state index contributed by atoms with van der Waals surface area (Å²) >= 11 is 1.71. The van der Waals surface area contributed by atoms with E-state index in [-0.39, 0.29) is 23.5 Å². The Morgan fingerprint density at radius 2 is 2.30 bits per heavy atom. The number of aryl methyl sites for hydroxylation is 1. The second-order valence-electron chi connectivity index (χ2n) is 4.48. The number of nitrogen functional groups attached to an aromatic ring is 1. The van der Waals surface area contributed by atoms with Crippen LogP contribution < -0.4 is 11.1 Å². The van der Waals surface area contributed by atoms with Gasteiger partial charge in [0.15, 0.2) is 0 Å². The largest absolute Gasteiger partial charge is 0.368 e. The van der Waals surface area contributed by atoms with E-state index in [0.29, 0.717) is 0 Å². The number of nitrogens with one attached hydrogen (secondary N) is 1. The van der Waals surface area contributed by atoms with Crippen molar-refractivity contribution < 1.29 is 4.92 Å². The Morgan fingerprint density at radius 1 is 1.55 bits per heavy atom. The molecule has 2 heterocycles. The second-order valence-corrected chi connectivity index (χ2v) is 5.85. The molecule has 0 aliphatic heterocycles. The number of thiophene rings is 1. The van der Waals surface area contributed by atoms with Gasteiger partial charge in [-0.2, -0.15) is 4.98 Å². The molecule has 0 aromatic carbocycles. The minimum Gasteiger partial charge on any atom is -0.368 e. The summed E-state index contributed by atoms with van der Waals surface area (Å²) < 4.78 is 0. The number of nitro groups is 1. The van der Waals surface area contributed by atoms with Crippen LogP contribution in [-0.4, -0.2) is 20.9 Å². The van der Waals surface area contributed by atoms with Crippen molar-refractivity contribution in [3.05, 3.63) is 38.2 Å². The number of rotatable bonds is 5. The van der Waals surface area contributed by atoms with Crippen molar-refractivity contribution in [1.82, 2.24) is 9.97 Å². The molecule has 0 radical (unpaired) electrons. The maximum Gasteiger partial charge on any atom is 0.329 e. The van der Waals surface area contributed by atoms with Crippen LogP contribution in [0.2, 0.25) is 0 Å². The van der Waals surface area contributed by atoms with E-state index in [0.717, 1.165) is 12.6 Å². The highest BCUT2D eigenvalue weighted by Gasteiger charge is 2.18. The molecule has 2 rings (SSSR count). The van der Waals surface area contributed by atoms with Gasteiger partial charge in [0.1, 0.15) is 6.20 Å². The quantitative estimate of drug-likeness (QED) is 0.647. The molecular weight excluding hydrogens is 278 g/mol. The highest BCUT2D eigenvalue weighted by Crippen LogP contribution is 2.23. The lowest BCUT2D eigenvalue weighted by Crippen LogP contribution is -2.19. The molecule has 7 nitrogen and oxygen atoms in total. The fourth-order valence-electron chi connectivity index (χ4n) is 1.81. The minimum atomic E-state index is -0.524. The lowest BCUT2D eigenvalue weighted by atomic mass is 10.2. The van der Waals surface area contributed by atoms with Gasteiger partial charge in [-0.3, -0.25) is 10.1 Å². The first-order valence-corrected chi connectivity index (χ1v) is 6.86. The summed E-state index contributed by atoms with van der Waals surface area (Å²) in [6.07, 6.45) is 1.88. The Labute approximate surface area is 120 Å². The normalized spacial score (nSPS) is 12.1. The van der Waals surface area contributed by atoms with Gasteiger partial charge in [0, 0.05) is 22.2 Å². The first kappa shape index (κ1) is 14.2.